The zero-order valence-electron chi connectivity index (χ0n) is 15.3. The third kappa shape index (κ3) is 3.69. The van der Waals surface area contributed by atoms with E-state index in [2.05, 4.69) is 21.2 Å². The fourth-order valence-electron chi connectivity index (χ4n) is 3.35. The van der Waals surface area contributed by atoms with Gasteiger partial charge in [0.05, 0.1) is 6.61 Å². The van der Waals surface area contributed by atoms with Crippen LogP contribution < -0.4 is 9.64 Å². The van der Waals surface area contributed by atoms with Gasteiger partial charge in [-0.1, -0.05) is 30.3 Å². The monoisotopic (exact) mass is 362 g/mol. The number of rotatable bonds is 4. The van der Waals surface area contributed by atoms with E-state index in [-0.39, 0.29) is 5.91 Å². The smallest absolute Gasteiger partial charge is 0.253 e. The van der Waals surface area contributed by atoms with Gasteiger partial charge < -0.3 is 14.5 Å². The minimum Gasteiger partial charge on any atom is -0.477 e. The first kappa shape index (κ1) is 17.3. The number of carbonyl (C=O) groups is 1. The van der Waals surface area contributed by atoms with Gasteiger partial charge in [-0.05, 0) is 35.9 Å². The minimum atomic E-state index is 0.0816. The fraction of sp³-hybridized carbons (Fsp3) is 0.286. The maximum absolute atomic E-state index is 12.9. The van der Waals surface area contributed by atoms with Gasteiger partial charge in [0, 0.05) is 37.8 Å². The van der Waals surface area contributed by atoms with Crippen molar-refractivity contribution in [3.05, 3.63) is 60.2 Å². The third-order valence-electron chi connectivity index (χ3n) is 4.81. The minimum absolute atomic E-state index is 0.0816. The Balaban J connectivity index is 1.41. The van der Waals surface area contributed by atoms with Crippen LogP contribution in [0.3, 0.4) is 0 Å². The third-order valence-corrected chi connectivity index (χ3v) is 4.81. The average Bonchev–Trinajstić information content (AvgIpc) is 2.74. The quantitative estimate of drug-likeness (QED) is 0.714. The van der Waals surface area contributed by atoms with E-state index in [0.29, 0.717) is 25.6 Å². The van der Waals surface area contributed by atoms with E-state index in [9.17, 15) is 4.79 Å². The molecule has 1 amide bonds. The van der Waals surface area contributed by atoms with Crippen molar-refractivity contribution in [1.82, 2.24) is 15.1 Å². The Kier molecular flexibility index (Phi) is 4.87. The molecule has 0 unspecified atom stereocenters. The highest BCUT2D eigenvalue weighted by Crippen LogP contribution is 2.19. The summed E-state index contributed by atoms with van der Waals surface area (Å²) in [5.41, 5.74) is 0.739. The summed E-state index contributed by atoms with van der Waals surface area (Å²) in [4.78, 5) is 16.9. The van der Waals surface area contributed by atoms with Crippen LogP contribution in [0.2, 0.25) is 0 Å². The van der Waals surface area contributed by atoms with Crippen molar-refractivity contribution < 1.29 is 9.53 Å². The molecule has 0 bridgehead atoms. The van der Waals surface area contributed by atoms with Crippen LogP contribution in [-0.2, 0) is 0 Å². The molecule has 2 heterocycles. The Hall–Kier alpha value is -3.15. The van der Waals surface area contributed by atoms with Crippen molar-refractivity contribution >= 4 is 22.5 Å². The Morgan fingerprint density at radius 2 is 1.74 bits per heavy atom. The first-order valence-corrected chi connectivity index (χ1v) is 9.24. The molecular weight excluding hydrogens is 340 g/mol. The Morgan fingerprint density at radius 1 is 0.963 bits per heavy atom. The van der Waals surface area contributed by atoms with Gasteiger partial charge in [0.15, 0.2) is 5.82 Å². The number of anilines is 1. The molecule has 0 N–H and O–H groups in total. The van der Waals surface area contributed by atoms with Gasteiger partial charge in [-0.2, -0.15) is 0 Å². The van der Waals surface area contributed by atoms with E-state index in [1.165, 1.54) is 0 Å². The van der Waals surface area contributed by atoms with Crippen LogP contribution in [0.1, 0.15) is 17.3 Å². The standard InChI is InChI=1S/C21H22N4O2/c1-2-27-20-10-9-19(22-23-20)24-11-13-25(14-12-24)21(26)18-8-7-16-5-3-4-6-17(16)15-18/h3-10,15H,2,11-14H2,1H3. The molecule has 1 aliphatic rings. The lowest BCUT2D eigenvalue weighted by atomic mass is 10.1. The lowest BCUT2D eigenvalue weighted by Gasteiger charge is -2.35. The molecule has 0 saturated carbocycles. The number of hydrogen-bond acceptors (Lipinski definition) is 5. The molecule has 2 aromatic carbocycles. The summed E-state index contributed by atoms with van der Waals surface area (Å²) in [6.45, 7) is 5.30. The molecule has 1 aromatic heterocycles. The van der Waals surface area contributed by atoms with Gasteiger partial charge in [-0.15, -0.1) is 10.2 Å². The number of benzene rings is 2. The second-order valence-electron chi connectivity index (χ2n) is 6.50. The summed E-state index contributed by atoms with van der Waals surface area (Å²) >= 11 is 0. The number of piperazine rings is 1. The topological polar surface area (TPSA) is 58.6 Å². The highest BCUT2D eigenvalue weighted by molar-refractivity contribution is 5.98. The first-order valence-electron chi connectivity index (χ1n) is 9.24. The summed E-state index contributed by atoms with van der Waals surface area (Å²) in [5.74, 6) is 1.43. The zero-order chi connectivity index (χ0) is 18.6. The summed E-state index contributed by atoms with van der Waals surface area (Å²) in [5, 5.41) is 10.5. The number of fused-ring (bicyclic) bond motifs is 1. The van der Waals surface area contributed by atoms with Crippen LogP contribution in [0.5, 0.6) is 5.88 Å². The molecular formula is C21H22N4O2. The molecule has 4 rings (SSSR count). The van der Waals surface area contributed by atoms with Crippen molar-refractivity contribution in [2.75, 3.05) is 37.7 Å². The number of nitrogens with zero attached hydrogens (tertiary/aromatic N) is 4. The average molecular weight is 362 g/mol. The largest absolute Gasteiger partial charge is 0.477 e. The second kappa shape index (κ2) is 7.61. The predicted octanol–water partition coefficient (Wildman–Crippen LogP) is 2.99. The van der Waals surface area contributed by atoms with Gasteiger partial charge in [0.25, 0.3) is 5.91 Å². The first-order chi connectivity index (χ1) is 13.2. The summed E-state index contributed by atoms with van der Waals surface area (Å²) in [6, 6.07) is 17.7. The Bertz CT molecular complexity index is 934. The lowest BCUT2D eigenvalue weighted by Crippen LogP contribution is -2.49. The van der Waals surface area contributed by atoms with E-state index in [1.54, 1.807) is 0 Å². The fourth-order valence-corrected chi connectivity index (χ4v) is 3.35. The van der Waals surface area contributed by atoms with Crippen molar-refractivity contribution in [3.8, 4) is 5.88 Å². The SMILES string of the molecule is CCOc1ccc(N2CCN(C(=O)c3ccc4ccccc4c3)CC2)nn1. The van der Waals surface area contributed by atoms with E-state index in [4.69, 9.17) is 4.74 Å². The summed E-state index contributed by atoms with van der Waals surface area (Å²) < 4.78 is 5.33. The van der Waals surface area contributed by atoms with Crippen molar-refractivity contribution in [2.24, 2.45) is 0 Å². The highest BCUT2D eigenvalue weighted by Gasteiger charge is 2.23. The molecule has 0 spiro atoms. The normalized spacial score (nSPS) is 14.4. The number of amides is 1. The summed E-state index contributed by atoms with van der Waals surface area (Å²) in [6.07, 6.45) is 0. The van der Waals surface area contributed by atoms with E-state index in [0.717, 1.165) is 35.2 Å². The van der Waals surface area contributed by atoms with Crippen LogP contribution in [0, 0.1) is 0 Å². The molecule has 0 atom stereocenters. The molecule has 0 radical (unpaired) electrons. The van der Waals surface area contributed by atoms with Crippen molar-refractivity contribution in [2.45, 2.75) is 6.92 Å². The molecule has 1 aliphatic heterocycles. The molecule has 27 heavy (non-hydrogen) atoms. The lowest BCUT2D eigenvalue weighted by molar-refractivity contribution is 0.0746. The highest BCUT2D eigenvalue weighted by atomic mass is 16.5. The van der Waals surface area contributed by atoms with Gasteiger partial charge in [0.2, 0.25) is 5.88 Å². The number of aromatic nitrogens is 2. The van der Waals surface area contributed by atoms with Crippen LogP contribution in [0.4, 0.5) is 5.82 Å². The zero-order valence-corrected chi connectivity index (χ0v) is 15.3. The molecule has 138 valence electrons. The van der Waals surface area contributed by atoms with E-state index in [1.807, 2.05) is 60.4 Å². The number of carbonyl (C=O) groups excluding carboxylic acids is 1. The van der Waals surface area contributed by atoms with Crippen molar-refractivity contribution in [3.63, 3.8) is 0 Å². The molecule has 6 heteroatoms. The number of ether oxygens (including phenoxy) is 1. The van der Waals surface area contributed by atoms with Crippen LogP contribution in [-0.4, -0.2) is 53.8 Å². The van der Waals surface area contributed by atoms with Crippen LogP contribution in [0.25, 0.3) is 10.8 Å². The van der Waals surface area contributed by atoms with Gasteiger partial charge >= 0.3 is 0 Å². The number of hydrogen-bond donors (Lipinski definition) is 0. The predicted molar refractivity (Wildman–Crippen MR) is 105 cm³/mol. The Labute approximate surface area is 158 Å². The molecule has 6 nitrogen and oxygen atoms in total. The van der Waals surface area contributed by atoms with Crippen LogP contribution in [0.15, 0.2) is 54.6 Å². The van der Waals surface area contributed by atoms with E-state index >= 15 is 0 Å². The van der Waals surface area contributed by atoms with Crippen LogP contribution >= 0.6 is 0 Å². The van der Waals surface area contributed by atoms with Gasteiger partial charge in [0.1, 0.15) is 0 Å². The summed E-state index contributed by atoms with van der Waals surface area (Å²) in [7, 11) is 0. The molecule has 1 saturated heterocycles. The maximum Gasteiger partial charge on any atom is 0.253 e. The molecule has 1 fully saturated rings. The maximum atomic E-state index is 12.9. The van der Waals surface area contributed by atoms with Crippen molar-refractivity contribution in [1.29, 1.82) is 0 Å². The molecule has 3 aromatic rings. The van der Waals surface area contributed by atoms with Gasteiger partial charge in [-0.25, -0.2) is 0 Å². The second-order valence-corrected chi connectivity index (χ2v) is 6.50. The molecule has 0 aliphatic carbocycles. The van der Waals surface area contributed by atoms with E-state index < -0.39 is 0 Å². The Morgan fingerprint density at radius 3 is 2.44 bits per heavy atom. The van der Waals surface area contributed by atoms with Gasteiger partial charge in [-0.3, -0.25) is 4.79 Å².